The number of rotatable bonds is 8. The number of anilines is 1. The number of fused-ring (bicyclic) bond motifs is 1. The molecule has 0 atom stereocenters. The number of benzene rings is 1. The number of ketones is 1. The zero-order valence-electron chi connectivity index (χ0n) is 18.0. The summed E-state index contributed by atoms with van der Waals surface area (Å²) in [6.07, 6.45) is -2.83. The van der Waals surface area contributed by atoms with Crippen LogP contribution in [-0.2, 0) is 11.0 Å². The number of Topliss-reactive ketones (excluding diaryl/α,β-unsaturated/α-hetero) is 1. The van der Waals surface area contributed by atoms with Gasteiger partial charge in [-0.05, 0) is 42.8 Å². The van der Waals surface area contributed by atoms with E-state index in [2.05, 4.69) is 39.2 Å². The van der Waals surface area contributed by atoms with Crippen molar-refractivity contribution < 1.29 is 22.4 Å². The molecule has 0 saturated heterocycles. The molecule has 0 aliphatic rings. The third-order valence-electron chi connectivity index (χ3n) is 5.55. The summed E-state index contributed by atoms with van der Waals surface area (Å²) in [5.74, 6) is -1.81. The third kappa shape index (κ3) is 5.42. The van der Waals surface area contributed by atoms with Crippen LogP contribution in [0.15, 0.2) is 24.4 Å². The van der Waals surface area contributed by atoms with E-state index in [4.69, 9.17) is 4.43 Å². The number of nitrogens with one attached hydrogen (secondary N) is 1. The van der Waals surface area contributed by atoms with Crippen LogP contribution in [0.3, 0.4) is 0 Å². The molecule has 0 amide bonds. The normalized spacial score (nSPS) is 13.1. The highest BCUT2D eigenvalue weighted by molar-refractivity contribution is 6.74. The van der Waals surface area contributed by atoms with E-state index in [1.165, 1.54) is 6.20 Å². The van der Waals surface area contributed by atoms with Gasteiger partial charge in [-0.25, -0.2) is 0 Å². The first-order valence-electron chi connectivity index (χ1n) is 9.90. The molecule has 0 aliphatic heterocycles. The Morgan fingerprint density at radius 3 is 2.41 bits per heavy atom. The second-order valence-corrected chi connectivity index (χ2v) is 13.6. The molecule has 0 bridgehead atoms. The van der Waals surface area contributed by atoms with E-state index in [1.807, 2.05) is 13.0 Å². The highest BCUT2D eigenvalue weighted by Gasteiger charge is 2.41. The summed E-state index contributed by atoms with van der Waals surface area (Å²) >= 11 is 0. The van der Waals surface area contributed by atoms with Gasteiger partial charge in [0.15, 0.2) is 8.32 Å². The smallest absolute Gasteiger partial charge is 0.415 e. The van der Waals surface area contributed by atoms with Gasteiger partial charge in [0.1, 0.15) is 0 Å². The maximum absolute atomic E-state index is 13.0. The van der Waals surface area contributed by atoms with Crippen LogP contribution < -0.4 is 5.32 Å². The molecule has 162 valence electrons. The molecule has 2 rings (SSSR count). The van der Waals surface area contributed by atoms with Gasteiger partial charge < -0.3 is 14.3 Å². The highest BCUT2D eigenvalue weighted by atomic mass is 28.4. The maximum atomic E-state index is 13.0. The lowest BCUT2D eigenvalue weighted by atomic mass is 10.1. The maximum Gasteiger partial charge on any atom is 0.454 e. The SMILES string of the molecule is CCCn1cc(C(=O)C(F)(F)F)c2cc(NCCO[Si](C)(C)C(C)(C)C)ccc21. The van der Waals surface area contributed by atoms with E-state index in [-0.39, 0.29) is 10.6 Å². The lowest BCUT2D eigenvalue weighted by Gasteiger charge is -2.36. The minimum absolute atomic E-state index is 0.112. The standard InChI is InChI=1S/C21H31F3N2O2Si/c1-7-11-26-14-17(19(27)21(22,23)24)16-13-15(8-9-18(16)26)25-10-12-28-29(5,6)20(2,3)4/h8-9,13-14,25H,7,10-12H2,1-6H3. The van der Waals surface area contributed by atoms with Gasteiger partial charge in [-0.2, -0.15) is 13.2 Å². The summed E-state index contributed by atoms with van der Waals surface area (Å²) in [4.78, 5) is 11.9. The molecule has 1 heterocycles. The molecule has 1 aromatic carbocycles. The predicted octanol–water partition coefficient (Wildman–Crippen LogP) is 6.23. The zero-order valence-corrected chi connectivity index (χ0v) is 19.0. The number of aromatic nitrogens is 1. The van der Waals surface area contributed by atoms with Crippen LogP contribution in [0.1, 0.15) is 44.5 Å². The molecule has 0 saturated carbocycles. The molecule has 1 aromatic heterocycles. The Labute approximate surface area is 171 Å². The Hall–Kier alpha value is -1.80. The largest absolute Gasteiger partial charge is 0.454 e. The Kier molecular flexibility index (Phi) is 6.89. The summed E-state index contributed by atoms with van der Waals surface area (Å²) < 4.78 is 46.9. The Morgan fingerprint density at radius 2 is 1.86 bits per heavy atom. The van der Waals surface area contributed by atoms with E-state index in [1.54, 1.807) is 16.7 Å². The van der Waals surface area contributed by atoms with E-state index < -0.39 is 20.3 Å². The van der Waals surface area contributed by atoms with Crippen LogP contribution in [0.2, 0.25) is 18.1 Å². The molecule has 29 heavy (non-hydrogen) atoms. The fourth-order valence-corrected chi connectivity index (χ4v) is 3.93. The third-order valence-corrected chi connectivity index (χ3v) is 10.1. The Balaban J connectivity index is 2.21. The molecule has 8 heteroatoms. The van der Waals surface area contributed by atoms with E-state index in [0.717, 1.165) is 6.42 Å². The summed E-state index contributed by atoms with van der Waals surface area (Å²) in [6, 6.07) is 5.20. The molecular formula is C21H31F3N2O2Si. The lowest BCUT2D eigenvalue weighted by molar-refractivity contribution is -0.0884. The number of aryl methyl sites for hydroxylation is 1. The molecule has 4 nitrogen and oxygen atoms in total. The van der Waals surface area contributed by atoms with Crippen molar-refractivity contribution in [3.63, 3.8) is 0 Å². The van der Waals surface area contributed by atoms with Crippen LogP contribution in [-0.4, -0.2) is 38.0 Å². The number of alkyl halides is 3. The van der Waals surface area contributed by atoms with Crippen molar-refractivity contribution in [3.05, 3.63) is 30.0 Å². The first-order chi connectivity index (χ1) is 13.3. The van der Waals surface area contributed by atoms with Crippen LogP contribution in [0.4, 0.5) is 18.9 Å². The van der Waals surface area contributed by atoms with Crippen molar-refractivity contribution in [3.8, 4) is 0 Å². The number of nitrogens with zero attached hydrogens (tertiary/aromatic N) is 1. The minimum atomic E-state index is -4.90. The summed E-state index contributed by atoms with van der Waals surface area (Å²) in [5.41, 5.74) is 0.992. The Bertz CT molecular complexity index is 867. The molecule has 0 unspecified atom stereocenters. The monoisotopic (exact) mass is 428 g/mol. The van der Waals surface area contributed by atoms with Crippen LogP contribution in [0, 0.1) is 0 Å². The quantitative estimate of drug-likeness (QED) is 0.308. The van der Waals surface area contributed by atoms with Gasteiger partial charge in [0.05, 0.1) is 12.2 Å². The average Bonchev–Trinajstić information content (AvgIpc) is 2.94. The van der Waals surface area contributed by atoms with Gasteiger partial charge in [-0.3, -0.25) is 4.79 Å². The summed E-state index contributed by atoms with van der Waals surface area (Å²) in [7, 11) is -1.85. The van der Waals surface area contributed by atoms with Crippen LogP contribution in [0.25, 0.3) is 10.9 Å². The van der Waals surface area contributed by atoms with Crippen molar-refractivity contribution in [1.29, 1.82) is 0 Å². The average molecular weight is 429 g/mol. The van der Waals surface area contributed by atoms with Crippen molar-refractivity contribution in [2.45, 2.75) is 65.0 Å². The zero-order chi connectivity index (χ0) is 22.0. The first-order valence-corrected chi connectivity index (χ1v) is 12.8. The van der Waals surface area contributed by atoms with Gasteiger partial charge in [0, 0.05) is 35.9 Å². The lowest BCUT2D eigenvalue weighted by Crippen LogP contribution is -2.41. The van der Waals surface area contributed by atoms with Gasteiger partial charge >= 0.3 is 6.18 Å². The van der Waals surface area contributed by atoms with Crippen molar-refractivity contribution >= 4 is 30.7 Å². The van der Waals surface area contributed by atoms with Crippen LogP contribution in [0.5, 0.6) is 0 Å². The number of carbonyl (C=O) groups excluding carboxylic acids is 1. The number of hydrogen-bond donors (Lipinski definition) is 1. The second kappa shape index (κ2) is 8.51. The molecule has 1 N–H and O–H groups in total. The van der Waals surface area contributed by atoms with Crippen molar-refractivity contribution in [2.75, 3.05) is 18.5 Å². The number of hydrogen-bond acceptors (Lipinski definition) is 3. The summed E-state index contributed by atoms with van der Waals surface area (Å²) in [5, 5.41) is 3.63. The minimum Gasteiger partial charge on any atom is -0.415 e. The van der Waals surface area contributed by atoms with Crippen molar-refractivity contribution in [1.82, 2.24) is 4.57 Å². The number of carbonyl (C=O) groups is 1. The van der Waals surface area contributed by atoms with Crippen LogP contribution >= 0.6 is 0 Å². The molecule has 0 aliphatic carbocycles. The molecular weight excluding hydrogens is 397 g/mol. The van der Waals surface area contributed by atoms with Gasteiger partial charge in [-0.1, -0.05) is 27.7 Å². The first kappa shape index (κ1) is 23.5. The highest BCUT2D eigenvalue weighted by Crippen LogP contribution is 2.36. The van der Waals surface area contributed by atoms with Gasteiger partial charge in [-0.15, -0.1) is 0 Å². The van der Waals surface area contributed by atoms with E-state index in [9.17, 15) is 18.0 Å². The molecule has 0 fully saturated rings. The second-order valence-electron chi connectivity index (χ2n) is 8.83. The van der Waals surface area contributed by atoms with Crippen molar-refractivity contribution in [2.24, 2.45) is 0 Å². The van der Waals surface area contributed by atoms with Gasteiger partial charge in [0.25, 0.3) is 5.78 Å². The van der Waals surface area contributed by atoms with E-state index in [0.29, 0.717) is 36.3 Å². The molecule has 0 radical (unpaired) electrons. The number of halogens is 3. The molecule has 0 spiro atoms. The fourth-order valence-electron chi connectivity index (χ4n) is 2.88. The topological polar surface area (TPSA) is 43.3 Å². The summed E-state index contributed by atoms with van der Waals surface area (Å²) in [6.45, 7) is 14.4. The predicted molar refractivity (Wildman–Crippen MR) is 114 cm³/mol. The van der Waals surface area contributed by atoms with Gasteiger partial charge in [0.2, 0.25) is 0 Å². The van der Waals surface area contributed by atoms with E-state index >= 15 is 0 Å². The molecule has 2 aromatic rings. The Morgan fingerprint density at radius 1 is 1.21 bits per heavy atom. The fraction of sp³-hybridized carbons (Fsp3) is 0.571.